The van der Waals surface area contributed by atoms with E-state index in [4.69, 9.17) is 35.2 Å². The maximum absolute atomic E-state index is 13.8. The third-order valence-electron chi connectivity index (χ3n) is 18.1. The predicted octanol–water partition coefficient (Wildman–Crippen LogP) is 18.8. The number of nitrogens with one attached hydrogen (secondary N) is 2. The Balaban J connectivity index is 0.000000133. The second kappa shape index (κ2) is 35.7. The second-order valence-electron chi connectivity index (χ2n) is 25.4. The number of halogens is 4. The van der Waals surface area contributed by atoms with Crippen molar-refractivity contribution in [2.45, 2.75) is 27.7 Å². The Morgan fingerprint density at radius 3 is 1.22 bits per heavy atom. The van der Waals surface area contributed by atoms with Gasteiger partial charge in [-0.15, -0.1) is 0 Å². The fraction of sp³-hybridized carbons (Fsp3) is 0.138. The number of fused-ring (bicyclic) bond motifs is 1. The highest BCUT2D eigenvalue weighted by molar-refractivity contribution is 5.84. The van der Waals surface area contributed by atoms with Crippen LogP contribution in [-0.4, -0.2) is 119 Å². The number of ether oxygens (including phenoxy) is 5. The van der Waals surface area contributed by atoms with Crippen LogP contribution >= 0.6 is 0 Å². The summed E-state index contributed by atoms with van der Waals surface area (Å²) in [6.07, 6.45) is 15.1. The number of aromatic nitrogens is 13. The molecule has 9 aromatic heterocycles. The number of aryl methyl sites for hydroxylation is 4. The van der Waals surface area contributed by atoms with E-state index in [1.54, 1.807) is 176 Å². The van der Waals surface area contributed by atoms with Crippen molar-refractivity contribution in [3.8, 4) is 113 Å². The second-order valence-corrected chi connectivity index (χ2v) is 25.4. The highest BCUT2D eigenvalue weighted by Crippen LogP contribution is 2.42. The molecule has 113 heavy (non-hydrogen) atoms. The molecule has 564 valence electrons. The summed E-state index contributed by atoms with van der Waals surface area (Å²) in [6.45, 7) is 17.5. The van der Waals surface area contributed by atoms with Crippen LogP contribution in [-0.2, 0) is 4.74 Å². The summed E-state index contributed by atoms with van der Waals surface area (Å²) in [4.78, 5) is 54.7. The van der Waals surface area contributed by atoms with Crippen LogP contribution in [0.3, 0.4) is 0 Å². The third kappa shape index (κ3) is 18.1. The average molecular weight is 1510 g/mol. The number of methoxy groups -OCH3 is 4. The van der Waals surface area contributed by atoms with E-state index in [2.05, 4.69) is 87.4 Å². The lowest BCUT2D eigenvalue weighted by Gasteiger charge is -2.28. The Labute approximate surface area is 648 Å². The predicted molar refractivity (Wildman–Crippen MR) is 427 cm³/mol. The number of anilines is 5. The van der Waals surface area contributed by atoms with E-state index < -0.39 is 0 Å². The fourth-order valence-electron chi connectivity index (χ4n) is 12.3. The van der Waals surface area contributed by atoms with Gasteiger partial charge in [0.1, 0.15) is 23.3 Å². The van der Waals surface area contributed by atoms with Gasteiger partial charge in [-0.3, -0.25) is 19.9 Å². The zero-order valence-electron chi connectivity index (χ0n) is 62.6. The lowest BCUT2D eigenvalue weighted by Crippen LogP contribution is -2.36. The standard InChI is InChI=1S/C26H24FN5O.C25H23FN4O3.C19H12FN5.C17H14FN3O/c1-18-17-19(4-9-23(18)27)25-22(3-2-11-28-25)24-10-12-29-26(31-24)30-20-5-7-21(8-6-20)32-13-15-33-16-14-32;1-15-12-16(7-8-19(15)26)23-18(6-5-10-27-23)20-9-11-28-25(30-20)29-17-13-21(31-2)24(33-4)22(14-17)32-3;1-12-10-13(5-6-15(12)20)18-14(4-3-8-22-18)16-7-9-25-19(24-16)17(21-2)11-23-25;1-11-10-12(5-6-14(11)18)16-13(4-3-8-19-16)15-7-9-20-17(21-15)22-2/h2-12,17H,13-16H2,1H3,(H,29,30,31);5-14H,1-4H3,(H,28,29,30);3-11H,1H3;3-10H,1-2H3. The molecule has 0 amide bonds. The maximum atomic E-state index is 13.8. The van der Waals surface area contributed by atoms with Gasteiger partial charge in [-0.1, -0.05) is 0 Å². The van der Waals surface area contributed by atoms with E-state index in [1.165, 1.54) is 43.3 Å². The summed E-state index contributed by atoms with van der Waals surface area (Å²) in [5.74, 6) is 1.43. The molecule has 15 aromatic rings. The van der Waals surface area contributed by atoms with Crippen molar-refractivity contribution in [2.75, 3.05) is 70.3 Å². The Bertz CT molecular complexity index is 5920. The smallest absolute Gasteiger partial charge is 0.316 e. The quantitative estimate of drug-likeness (QED) is 0.0636. The molecule has 0 spiro atoms. The molecule has 1 saturated heterocycles. The first-order chi connectivity index (χ1) is 55.1. The lowest BCUT2D eigenvalue weighted by atomic mass is 10.0. The summed E-state index contributed by atoms with van der Waals surface area (Å²) in [5, 5.41) is 10.6. The molecule has 0 aliphatic carbocycles. The molecule has 0 bridgehead atoms. The summed E-state index contributed by atoms with van der Waals surface area (Å²) in [6, 6.07) is 54.2. The maximum Gasteiger partial charge on any atom is 0.316 e. The first-order valence-corrected chi connectivity index (χ1v) is 35.5. The summed E-state index contributed by atoms with van der Waals surface area (Å²) < 4.78 is 82.9. The molecule has 0 radical (unpaired) electrons. The van der Waals surface area contributed by atoms with E-state index >= 15 is 0 Å². The van der Waals surface area contributed by atoms with Crippen molar-refractivity contribution < 1.29 is 41.2 Å². The van der Waals surface area contributed by atoms with Crippen molar-refractivity contribution in [3.05, 3.63) is 295 Å². The monoisotopic (exact) mass is 1510 g/mol. The van der Waals surface area contributed by atoms with E-state index in [0.29, 0.717) is 103 Å². The largest absolute Gasteiger partial charge is 0.493 e. The van der Waals surface area contributed by atoms with Crippen LogP contribution in [0.15, 0.2) is 238 Å². The molecule has 1 aliphatic rings. The summed E-state index contributed by atoms with van der Waals surface area (Å²) in [5.41, 5.74) is 18.2. The van der Waals surface area contributed by atoms with Gasteiger partial charge in [0.2, 0.25) is 23.3 Å². The molecule has 22 nitrogen and oxygen atoms in total. The van der Waals surface area contributed by atoms with E-state index in [1.807, 2.05) is 72.8 Å². The zero-order valence-corrected chi connectivity index (χ0v) is 62.6. The topological polar surface area (TPSA) is 237 Å². The molecular formula is C87H73F4N17O5. The van der Waals surface area contributed by atoms with E-state index in [0.717, 1.165) is 93.6 Å². The van der Waals surface area contributed by atoms with Gasteiger partial charge in [-0.05, 0) is 220 Å². The van der Waals surface area contributed by atoms with Crippen LogP contribution in [0.25, 0.3) is 101 Å². The molecule has 0 atom stereocenters. The average Bonchev–Trinajstić information content (AvgIpc) is 1.77. The molecule has 16 rings (SSSR count). The van der Waals surface area contributed by atoms with Gasteiger partial charge in [-0.2, -0.15) is 10.1 Å². The van der Waals surface area contributed by atoms with Gasteiger partial charge >= 0.3 is 6.01 Å². The van der Waals surface area contributed by atoms with Crippen LogP contribution in [0.5, 0.6) is 23.3 Å². The van der Waals surface area contributed by atoms with Crippen molar-refractivity contribution in [1.82, 2.24) is 64.4 Å². The summed E-state index contributed by atoms with van der Waals surface area (Å²) >= 11 is 0. The lowest BCUT2D eigenvalue weighted by molar-refractivity contribution is 0.122. The Morgan fingerprint density at radius 1 is 0.416 bits per heavy atom. The van der Waals surface area contributed by atoms with E-state index in [-0.39, 0.29) is 23.3 Å². The summed E-state index contributed by atoms with van der Waals surface area (Å²) in [7, 11) is 6.18. The van der Waals surface area contributed by atoms with Gasteiger partial charge in [0.25, 0.3) is 0 Å². The van der Waals surface area contributed by atoms with Gasteiger partial charge in [0.15, 0.2) is 17.1 Å². The molecule has 1 aliphatic heterocycles. The highest BCUT2D eigenvalue weighted by Gasteiger charge is 2.20. The highest BCUT2D eigenvalue weighted by atomic mass is 19.1. The van der Waals surface area contributed by atoms with Crippen LogP contribution in [0.4, 0.5) is 52.2 Å². The first-order valence-electron chi connectivity index (χ1n) is 35.5. The van der Waals surface area contributed by atoms with E-state index in [9.17, 15) is 17.6 Å². The minimum atomic E-state index is -0.255. The van der Waals surface area contributed by atoms with Crippen molar-refractivity contribution in [2.24, 2.45) is 0 Å². The number of hydrogen-bond donors (Lipinski definition) is 2. The van der Waals surface area contributed by atoms with Gasteiger partial charge < -0.3 is 39.2 Å². The van der Waals surface area contributed by atoms with Crippen LogP contribution < -0.4 is 34.5 Å². The molecule has 10 heterocycles. The van der Waals surface area contributed by atoms with Crippen molar-refractivity contribution in [3.63, 3.8) is 0 Å². The number of hydrogen-bond acceptors (Lipinski definition) is 20. The molecule has 2 N–H and O–H groups in total. The Kier molecular flexibility index (Phi) is 24.3. The SMILES string of the molecule is COc1cc(Nc2nccc(-c3cccnc3-c3ccc(F)c(C)c3)n2)cc(OC)c1OC.COc1nccc(-c2cccnc2-c2ccc(F)c(C)c2)n1.Cc1cc(-c2ncccc2-c2ccnc(Nc3ccc(N4CCOCC4)cc3)n2)ccc1F.[C-]#[N+]c1cnn2ccc(-c3cccnc3-c3ccc(F)c(C)c3)nc12. The third-order valence-corrected chi connectivity index (χ3v) is 18.1. The molecule has 6 aromatic carbocycles. The van der Waals surface area contributed by atoms with Gasteiger partial charge in [0.05, 0.1) is 100.0 Å². The van der Waals surface area contributed by atoms with Crippen LogP contribution in [0, 0.1) is 57.5 Å². The normalized spacial score (nSPS) is 11.5. The van der Waals surface area contributed by atoms with Crippen molar-refractivity contribution >= 4 is 40.3 Å². The minimum Gasteiger partial charge on any atom is -0.493 e. The zero-order chi connectivity index (χ0) is 78.9. The number of pyridine rings is 4. The molecule has 0 unspecified atom stereocenters. The Hall–Kier alpha value is -14.5. The molecular weight excluding hydrogens is 1440 g/mol. The van der Waals surface area contributed by atoms with Crippen LogP contribution in [0.1, 0.15) is 22.3 Å². The number of benzene rings is 6. The van der Waals surface area contributed by atoms with Crippen molar-refractivity contribution in [1.29, 1.82) is 0 Å². The molecule has 0 saturated carbocycles. The first kappa shape index (κ1) is 76.7. The number of rotatable bonds is 17. The van der Waals surface area contributed by atoms with Gasteiger partial charge in [-0.25, -0.2) is 56.8 Å². The number of morpholine rings is 1. The number of nitrogens with zero attached hydrogens (tertiary/aromatic N) is 15. The van der Waals surface area contributed by atoms with Crippen LogP contribution in [0.2, 0.25) is 0 Å². The fourth-order valence-corrected chi connectivity index (χ4v) is 12.3. The minimum absolute atomic E-state index is 0.232. The molecule has 1 fully saturated rings. The van der Waals surface area contributed by atoms with Gasteiger partial charge in [0, 0.05) is 136 Å². The molecule has 26 heteroatoms. The Morgan fingerprint density at radius 2 is 0.823 bits per heavy atom.